The molecule has 0 radical (unpaired) electrons. The minimum Gasteiger partial charge on any atom is -0.355 e. The van der Waals surface area contributed by atoms with Crippen molar-refractivity contribution in [3.8, 4) is 6.07 Å². The normalized spacial score (nSPS) is 21.7. The molecule has 0 aromatic carbocycles. The molecule has 1 N–H and O–H groups in total. The van der Waals surface area contributed by atoms with Crippen molar-refractivity contribution in [3.05, 3.63) is 0 Å². The van der Waals surface area contributed by atoms with Crippen molar-refractivity contribution < 1.29 is 9.59 Å². The lowest BCUT2D eigenvalue weighted by Crippen LogP contribution is -2.40. The van der Waals surface area contributed by atoms with E-state index in [0.29, 0.717) is 32.4 Å². The first-order chi connectivity index (χ1) is 10.2. The molecule has 116 valence electrons. The Labute approximate surface area is 126 Å². The van der Waals surface area contributed by atoms with Crippen LogP contribution in [-0.4, -0.2) is 36.3 Å². The second kappa shape index (κ2) is 7.44. The summed E-state index contributed by atoms with van der Waals surface area (Å²) in [4.78, 5) is 25.9. The van der Waals surface area contributed by atoms with Gasteiger partial charge in [0.2, 0.25) is 11.8 Å². The van der Waals surface area contributed by atoms with Gasteiger partial charge in [-0.05, 0) is 32.1 Å². The Kier molecular flexibility index (Phi) is 5.60. The van der Waals surface area contributed by atoms with Crippen molar-refractivity contribution in [1.82, 2.24) is 10.2 Å². The molecular formula is C16H25N3O2. The van der Waals surface area contributed by atoms with E-state index < -0.39 is 5.41 Å². The van der Waals surface area contributed by atoms with Crippen LogP contribution in [0.2, 0.25) is 0 Å². The third kappa shape index (κ3) is 3.96. The molecule has 1 saturated heterocycles. The van der Waals surface area contributed by atoms with E-state index in [1.54, 1.807) is 0 Å². The number of rotatable bonds is 5. The molecule has 0 aromatic rings. The third-order valence-corrected chi connectivity index (χ3v) is 4.67. The molecule has 0 bridgehead atoms. The molecule has 0 spiro atoms. The Morgan fingerprint density at radius 2 is 2.00 bits per heavy atom. The number of nitriles is 1. The minimum atomic E-state index is -0.793. The average molecular weight is 291 g/mol. The highest BCUT2D eigenvalue weighted by molar-refractivity contribution is 5.85. The topological polar surface area (TPSA) is 73.2 Å². The number of carbonyl (C=O) groups excluding carboxylic acids is 2. The lowest BCUT2D eigenvalue weighted by molar-refractivity contribution is -0.130. The van der Waals surface area contributed by atoms with Crippen molar-refractivity contribution in [2.75, 3.05) is 19.6 Å². The van der Waals surface area contributed by atoms with Crippen LogP contribution in [0.25, 0.3) is 0 Å². The second-order valence-corrected chi connectivity index (χ2v) is 6.20. The van der Waals surface area contributed by atoms with Crippen LogP contribution < -0.4 is 5.32 Å². The van der Waals surface area contributed by atoms with Crippen molar-refractivity contribution in [2.24, 2.45) is 5.41 Å². The van der Waals surface area contributed by atoms with Gasteiger partial charge < -0.3 is 10.2 Å². The van der Waals surface area contributed by atoms with Gasteiger partial charge >= 0.3 is 0 Å². The highest BCUT2D eigenvalue weighted by Gasteiger charge is 2.41. The van der Waals surface area contributed by atoms with E-state index in [4.69, 9.17) is 0 Å². The largest absolute Gasteiger partial charge is 0.355 e. The Balaban J connectivity index is 1.70. The van der Waals surface area contributed by atoms with Crippen molar-refractivity contribution in [3.63, 3.8) is 0 Å². The number of hydrogen-bond acceptors (Lipinski definition) is 3. The van der Waals surface area contributed by atoms with Crippen molar-refractivity contribution in [2.45, 2.75) is 57.8 Å². The van der Waals surface area contributed by atoms with Crippen LogP contribution in [0.3, 0.4) is 0 Å². The van der Waals surface area contributed by atoms with Gasteiger partial charge in [-0.25, -0.2) is 0 Å². The number of amides is 2. The predicted molar refractivity (Wildman–Crippen MR) is 79.2 cm³/mol. The molecule has 0 unspecified atom stereocenters. The summed E-state index contributed by atoms with van der Waals surface area (Å²) in [6.45, 7) is 2.10. The molecule has 2 amide bonds. The SMILES string of the molecule is N#CC1(C(=O)NCCCN2CCCCCC2=O)CCCC1. The van der Waals surface area contributed by atoms with E-state index in [-0.39, 0.29) is 11.8 Å². The van der Waals surface area contributed by atoms with Gasteiger partial charge in [-0.1, -0.05) is 19.3 Å². The zero-order valence-corrected chi connectivity index (χ0v) is 12.7. The molecule has 1 heterocycles. The molecule has 5 heteroatoms. The smallest absolute Gasteiger partial charge is 0.240 e. The van der Waals surface area contributed by atoms with Crippen LogP contribution in [0, 0.1) is 16.7 Å². The van der Waals surface area contributed by atoms with Crippen LogP contribution in [0.4, 0.5) is 0 Å². The van der Waals surface area contributed by atoms with Crippen LogP contribution in [-0.2, 0) is 9.59 Å². The van der Waals surface area contributed by atoms with Gasteiger partial charge in [-0.3, -0.25) is 9.59 Å². The lowest BCUT2D eigenvalue weighted by atomic mass is 9.87. The summed E-state index contributed by atoms with van der Waals surface area (Å²) in [5.41, 5.74) is -0.793. The molecule has 1 aliphatic heterocycles. The van der Waals surface area contributed by atoms with Gasteiger partial charge in [0.1, 0.15) is 5.41 Å². The van der Waals surface area contributed by atoms with Crippen LogP contribution >= 0.6 is 0 Å². The summed E-state index contributed by atoms with van der Waals surface area (Å²) in [5.74, 6) is 0.118. The molecular weight excluding hydrogens is 266 g/mol. The quantitative estimate of drug-likeness (QED) is 0.787. The maximum atomic E-state index is 12.2. The summed E-state index contributed by atoms with van der Waals surface area (Å²) in [6, 6.07) is 2.21. The molecule has 0 aromatic heterocycles. The zero-order chi connectivity index (χ0) is 15.1. The molecule has 1 aliphatic carbocycles. The molecule has 0 atom stereocenters. The van der Waals surface area contributed by atoms with Crippen LogP contribution in [0.5, 0.6) is 0 Å². The third-order valence-electron chi connectivity index (χ3n) is 4.67. The molecule has 2 rings (SSSR count). The van der Waals surface area contributed by atoms with Crippen molar-refractivity contribution in [1.29, 1.82) is 5.26 Å². The molecule has 21 heavy (non-hydrogen) atoms. The van der Waals surface area contributed by atoms with E-state index in [9.17, 15) is 14.9 Å². The van der Waals surface area contributed by atoms with E-state index in [0.717, 1.165) is 45.1 Å². The highest BCUT2D eigenvalue weighted by Crippen LogP contribution is 2.37. The monoisotopic (exact) mass is 291 g/mol. The van der Waals surface area contributed by atoms with Gasteiger partial charge in [0.05, 0.1) is 6.07 Å². The molecule has 1 saturated carbocycles. The lowest BCUT2D eigenvalue weighted by Gasteiger charge is -2.22. The summed E-state index contributed by atoms with van der Waals surface area (Å²) in [6.07, 6.45) is 7.91. The Bertz CT molecular complexity index is 422. The number of nitrogens with one attached hydrogen (secondary N) is 1. The number of likely N-dealkylation sites (tertiary alicyclic amines) is 1. The maximum absolute atomic E-state index is 12.2. The molecule has 2 aliphatic rings. The first-order valence-corrected chi connectivity index (χ1v) is 8.15. The summed E-state index contributed by atoms with van der Waals surface area (Å²) in [7, 11) is 0. The van der Waals surface area contributed by atoms with Gasteiger partial charge in [0.15, 0.2) is 0 Å². The van der Waals surface area contributed by atoms with Crippen LogP contribution in [0.15, 0.2) is 0 Å². The fraction of sp³-hybridized carbons (Fsp3) is 0.812. The summed E-state index contributed by atoms with van der Waals surface area (Å²) >= 11 is 0. The second-order valence-electron chi connectivity index (χ2n) is 6.20. The molecule has 5 nitrogen and oxygen atoms in total. The first kappa shape index (κ1) is 15.8. The van der Waals surface area contributed by atoms with E-state index in [1.807, 2.05) is 4.90 Å². The maximum Gasteiger partial charge on any atom is 0.240 e. The number of carbonyl (C=O) groups is 2. The van der Waals surface area contributed by atoms with Gasteiger partial charge in [0, 0.05) is 26.1 Å². The van der Waals surface area contributed by atoms with Gasteiger partial charge in [-0.2, -0.15) is 5.26 Å². The predicted octanol–water partition coefficient (Wildman–Crippen LogP) is 1.98. The van der Waals surface area contributed by atoms with E-state index >= 15 is 0 Å². The fourth-order valence-corrected chi connectivity index (χ4v) is 3.28. The van der Waals surface area contributed by atoms with Crippen molar-refractivity contribution >= 4 is 11.8 Å². The first-order valence-electron chi connectivity index (χ1n) is 8.15. The number of nitrogens with zero attached hydrogens (tertiary/aromatic N) is 2. The number of hydrogen-bond donors (Lipinski definition) is 1. The fourth-order valence-electron chi connectivity index (χ4n) is 3.28. The highest BCUT2D eigenvalue weighted by atomic mass is 16.2. The van der Waals surface area contributed by atoms with E-state index in [2.05, 4.69) is 11.4 Å². The van der Waals surface area contributed by atoms with Gasteiger partial charge in [-0.15, -0.1) is 0 Å². The Morgan fingerprint density at radius 3 is 2.71 bits per heavy atom. The minimum absolute atomic E-state index is 0.121. The average Bonchev–Trinajstić information content (AvgIpc) is 2.90. The molecule has 2 fully saturated rings. The Hall–Kier alpha value is -1.57. The summed E-state index contributed by atoms with van der Waals surface area (Å²) < 4.78 is 0. The standard InChI is InChI=1S/C16H25N3O2/c17-13-16(8-3-4-9-16)15(21)18-10-6-12-19-11-5-1-2-7-14(19)20/h1-12H2,(H,18,21). The zero-order valence-electron chi connectivity index (χ0n) is 12.7. The van der Waals surface area contributed by atoms with E-state index in [1.165, 1.54) is 0 Å². The van der Waals surface area contributed by atoms with Crippen LogP contribution in [0.1, 0.15) is 57.8 Å². The van der Waals surface area contributed by atoms with Gasteiger partial charge in [0.25, 0.3) is 0 Å². The summed E-state index contributed by atoms with van der Waals surface area (Å²) in [5, 5.41) is 12.1. The Morgan fingerprint density at radius 1 is 1.24 bits per heavy atom.